The van der Waals surface area contributed by atoms with E-state index in [1.807, 2.05) is 11.3 Å². The molecular formula is C14H18N2S. The topological polar surface area (TPSA) is 24.9 Å². The molecule has 1 aliphatic heterocycles. The number of thiazole rings is 1. The summed E-state index contributed by atoms with van der Waals surface area (Å²) in [7, 11) is 0. The Balaban J connectivity index is 2.11. The van der Waals surface area contributed by atoms with Gasteiger partial charge in [-0.05, 0) is 50.4 Å². The fourth-order valence-electron chi connectivity index (χ4n) is 2.68. The van der Waals surface area contributed by atoms with Gasteiger partial charge in [0.05, 0.1) is 15.8 Å². The first-order valence-corrected chi connectivity index (χ1v) is 7.18. The Bertz CT molecular complexity index is 538. The zero-order valence-electron chi connectivity index (χ0n) is 10.4. The van der Waals surface area contributed by atoms with Crippen LogP contribution in [0, 0.1) is 6.92 Å². The highest BCUT2D eigenvalue weighted by molar-refractivity contribution is 7.18. The van der Waals surface area contributed by atoms with E-state index < -0.39 is 0 Å². The van der Waals surface area contributed by atoms with Gasteiger partial charge in [0.25, 0.3) is 0 Å². The van der Waals surface area contributed by atoms with Crippen molar-refractivity contribution < 1.29 is 0 Å². The lowest BCUT2D eigenvalue weighted by molar-refractivity contribution is 0.375. The van der Waals surface area contributed by atoms with E-state index in [0.717, 1.165) is 18.5 Å². The Morgan fingerprint density at radius 1 is 1.47 bits per heavy atom. The molecule has 0 amide bonds. The minimum Gasteiger partial charge on any atom is -0.305 e. The molecule has 0 bridgehead atoms. The molecule has 2 aromatic rings. The van der Waals surface area contributed by atoms with E-state index in [1.165, 1.54) is 28.1 Å². The van der Waals surface area contributed by atoms with Crippen molar-refractivity contribution in [2.24, 2.45) is 0 Å². The average molecular weight is 246 g/mol. The van der Waals surface area contributed by atoms with E-state index in [-0.39, 0.29) is 5.54 Å². The van der Waals surface area contributed by atoms with Gasteiger partial charge in [-0.1, -0.05) is 13.0 Å². The molecule has 3 rings (SSSR count). The molecule has 17 heavy (non-hydrogen) atoms. The molecule has 1 aromatic carbocycles. The Labute approximate surface area is 106 Å². The second-order valence-corrected chi connectivity index (χ2v) is 5.99. The first-order chi connectivity index (χ1) is 8.23. The van der Waals surface area contributed by atoms with Crippen molar-refractivity contribution in [1.82, 2.24) is 10.3 Å². The molecule has 2 nitrogen and oxygen atoms in total. The van der Waals surface area contributed by atoms with Crippen LogP contribution in [-0.4, -0.2) is 11.5 Å². The summed E-state index contributed by atoms with van der Waals surface area (Å²) in [4.78, 5) is 4.83. The normalized spacial score (nSPS) is 24.6. The summed E-state index contributed by atoms with van der Waals surface area (Å²) in [6.45, 7) is 5.53. The summed E-state index contributed by atoms with van der Waals surface area (Å²) in [6, 6.07) is 6.53. The molecule has 0 aliphatic carbocycles. The Morgan fingerprint density at radius 3 is 3.06 bits per heavy atom. The largest absolute Gasteiger partial charge is 0.305 e. The lowest BCUT2D eigenvalue weighted by Gasteiger charge is -2.25. The van der Waals surface area contributed by atoms with Crippen molar-refractivity contribution in [2.75, 3.05) is 6.54 Å². The third-order valence-electron chi connectivity index (χ3n) is 3.80. The van der Waals surface area contributed by atoms with Crippen molar-refractivity contribution in [3.63, 3.8) is 0 Å². The zero-order chi connectivity index (χ0) is 11.9. The molecule has 1 aliphatic rings. The van der Waals surface area contributed by atoms with Crippen LogP contribution in [0.25, 0.3) is 10.2 Å². The highest BCUT2D eigenvalue weighted by Gasteiger charge is 2.36. The third-order valence-corrected chi connectivity index (χ3v) is 5.02. The van der Waals surface area contributed by atoms with Crippen molar-refractivity contribution in [2.45, 2.75) is 38.6 Å². The van der Waals surface area contributed by atoms with Crippen LogP contribution in [0.2, 0.25) is 0 Å². The minimum atomic E-state index is 0.150. The van der Waals surface area contributed by atoms with E-state index in [9.17, 15) is 0 Å². The second-order valence-electron chi connectivity index (χ2n) is 4.96. The second kappa shape index (κ2) is 4.07. The lowest BCUT2D eigenvalue weighted by Crippen LogP contribution is -2.35. The van der Waals surface area contributed by atoms with Gasteiger partial charge in [-0.15, -0.1) is 11.3 Å². The number of benzene rings is 1. The SMILES string of the molecule is CCC1(c2nc3ccc(C)cc3s2)CCCN1. The number of nitrogens with zero attached hydrogens (tertiary/aromatic N) is 1. The maximum absolute atomic E-state index is 4.83. The zero-order valence-corrected chi connectivity index (χ0v) is 11.2. The molecule has 3 heteroatoms. The lowest BCUT2D eigenvalue weighted by atomic mass is 9.95. The van der Waals surface area contributed by atoms with Crippen molar-refractivity contribution in [3.8, 4) is 0 Å². The summed E-state index contributed by atoms with van der Waals surface area (Å²) < 4.78 is 1.32. The molecule has 0 radical (unpaired) electrons. The average Bonchev–Trinajstić information content (AvgIpc) is 2.94. The van der Waals surface area contributed by atoms with Gasteiger partial charge in [0.15, 0.2) is 0 Å². The quantitative estimate of drug-likeness (QED) is 0.876. The first-order valence-electron chi connectivity index (χ1n) is 6.36. The predicted octanol–water partition coefficient (Wildman–Crippen LogP) is 3.59. The molecule has 90 valence electrons. The monoisotopic (exact) mass is 246 g/mol. The number of hydrogen-bond donors (Lipinski definition) is 1. The molecule has 1 N–H and O–H groups in total. The van der Waals surface area contributed by atoms with E-state index in [0.29, 0.717) is 0 Å². The maximum atomic E-state index is 4.83. The Hall–Kier alpha value is -0.930. The van der Waals surface area contributed by atoms with Crippen LogP contribution in [-0.2, 0) is 5.54 Å². The number of fused-ring (bicyclic) bond motifs is 1. The number of aromatic nitrogens is 1. The Kier molecular flexibility index (Phi) is 2.68. The van der Waals surface area contributed by atoms with Gasteiger partial charge < -0.3 is 5.32 Å². The summed E-state index contributed by atoms with van der Waals surface area (Å²) in [5.41, 5.74) is 2.62. The van der Waals surface area contributed by atoms with E-state index in [2.05, 4.69) is 37.4 Å². The molecule has 1 aromatic heterocycles. The van der Waals surface area contributed by atoms with Gasteiger partial charge in [0, 0.05) is 0 Å². The number of rotatable bonds is 2. The van der Waals surface area contributed by atoms with Crippen LogP contribution >= 0.6 is 11.3 Å². The standard InChI is InChI=1S/C14H18N2S/c1-3-14(7-4-8-15-14)13-16-11-6-5-10(2)9-12(11)17-13/h5-6,9,15H,3-4,7-8H2,1-2H3. The number of hydrogen-bond acceptors (Lipinski definition) is 3. The van der Waals surface area contributed by atoms with Gasteiger partial charge in [-0.3, -0.25) is 0 Å². The molecule has 2 heterocycles. The van der Waals surface area contributed by atoms with Crippen LogP contribution in [0.15, 0.2) is 18.2 Å². The van der Waals surface area contributed by atoms with Crippen LogP contribution in [0.1, 0.15) is 36.8 Å². The number of nitrogens with one attached hydrogen (secondary N) is 1. The summed E-state index contributed by atoms with van der Waals surface area (Å²) in [6.07, 6.45) is 3.62. The molecule has 1 atom stereocenters. The Morgan fingerprint density at radius 2 is 2.35 bits per heavy atom. The fraction of sp³-hybridized carbons (Fsp3) is 0.500. The van der Waals surface area contributed by atoms with Gasteiger partial charge in [0.2, 0.25) is 0 Å². The van der Waals surface area contributed by atoms with E-state index >= 15 is 0 Å². The summed E-state index contributed by atoms with van der Waals surface area (Å²) in [5, 5.41) is 4.94. The number of aryl methyl sites for hydroxylation is 1. The van der Waals surface area contributed by atoms with E-state index in [4.69, 9.17) is 4.98 Å². The van der Waals surface area contributed by atoms with Gasteiger partial charge in [-0.2, -0.15) is 0 Å². The third kappa shape index (κ3) is 1.78. The van der Waals surface area contributed by atoms with E-state index in [1.54, 1.807) is 0 Å². The van der Waals surface area contributed by atoms with Gasteiger partial charge in [0.1, 0.15) is 5.01 Å². The molecule has 1 fully saturated rings. The molecule has 1 unspecified atom stereocenters. The summed E-state index contributed by atoms with van der Waals surface area (Å²) in [5.74, 6) is 0. The van der Waals surface area contributed by atoms with Crippen LogP contribution in [0.5, 0.6) is 0 Å². The minimum absolute atomic E-state index is 0.150. The van der Waals surface area contributed by atoms with Crippen LogP contribution < -0.4 is 5.32 Å². The smallest absolute Gasteiger partial charge is 0.114 e. The highest BCUT2D eigenvalue weighted by Crippen LogP contribution is 2.38. The van der Waals surface area contributed by atoms with Crippen LogP contribution in [0.3, 0.4) is 0 Å². The predicted molar refractivity (Wildman–Crippen MR) is 73.6 cm³/mol. The first kappa shape index (κ1) is 11.2. The maximum Gasteiger partial charge on any atom is 0.114 e. The van der Waals surface area contributed by atoms with Gasteiger partial charge >= 0.3 is 0 Å². The molecular weight excluding hydrogens is 228 g/mol. The summed E-state index contributed by atoms with van der Waals surface area (Å²) >= 11 is 1.86. The van der Waals surface area contributed by atoms with Crippen LogP contribution in [0.4, 0.5) is 0 Å². The van der Waals surface area contributed by atoms with Crippen molar-refractivity contribution >= 4 is 21.6 Å². The van der Waals surface area contributed by atoms with Crippen molar-refractivity contribution in [1.29, 1.82) is 0 Å². The fourth-order valence-corrected chi connectivity index (χ4v) is 4.01. The van der Waals surface area contributed by atoms with Crippen molar-refractivity contribution in [3.05, 3.63) is 28.8 Å². The van der Waals surface area contributed by atoms with Gasteiger partial charge in [-0.25, -0.2) is 4.98 Å². The molecule has 1 saturated heterocycles. The molecule has 0 spiro atoms. The molecule has 0 saturated carbocycles. The highest BCUT2D eigenvalue weighted by atomic mass is 32.1.